The van der Waals surface area contributed by atoms with E-state index in [1.165, 1.54) is 5.56 Å². The number of amides is 1. The van der Waals surface area contributed by atoms with Crippen molar-refractivity contribution < 1.29 is 9.53 Å². The van der Waals surface area contributed by atoms with Gasteiger partial charge in [0.25, 0.3) is 0 Å². The minimum atomic E-state index is -0.154. The van der Waals surface area contributed by atoms with E-state index >= 15 is 0 Å². The molecule has 1 aromatic rings. The second-order valence-electron chi connectivity index (χ2n) is 8.02. The first-order valence-corrected chi connectivity index (χ1v) is 10.4. The van der Waals surface area contributed by atoms with Crippen LogP contribution in [0.5, 0.6) is 0 Å². The Morgan fingerprint density at radius 3 is 2.81 bits per heavy atom. The van der Waals surface area contributed by atoms with E-state index in [-0.39, 0.29) is 17.4 Å². The molecule has 5 nitrogen and oxygen atoms in total. The van der Waals surface area contributed by atoms with Gasteiger partial charge in [-0.2, -0.15) is 0 Å². The van der Waals surface area contributed by atoms with Crippen molar-refractivity contribution >= 4 is 21.8 Å². The van der Waals surface area contributed by atoms with Gasteiger partial charge in [-0.1, -0.05) is 41.9 Å². The average molecular weight is 424 g/mol. The summed E-state index contributed by atoms with van der Waals surface area (Å²) in [5.41, 5.74) is 7.65. The van der Waals surface area contributed by atoms with Crippen LogP contribution in [-0.2, 0) is 14.9 Å². The Morgan fingerprint density at radius 2 is 2.12 bits per heavy atom. The molecule has 6 heteroatoms. The molecule has 0 bridgehead atoms. The maximum Gasteiger partial charge on any atom is 0.238 e. The van der Waals surface area contributed by atoms with E-state index in [4.69, 9.17) is 4.74 Å². The molecule has 0 saturated carbocycles. The van der Waals surface area contributed by atoms with Crippen LogP contribution in [0.25, 0.3) is 0 Å². The summed E-state index contributed by atoms with van der Waals surface area (Å²) in [5, 5.41) is 3.21. The Hall–Kier alpha value is -0.950. The van der Waals surface area contributed by atoms with Gasteiger partial charge < -0.3 is 10.1 Å². The lowest BCUT2D eigenvalue weighted by Crippen LogP contribution is -2.49. The summed E-state index contributed by atoms with van der Waals surface area (Å²) >= 11 is 3.58. The van der Waals surface area contributed by atoms with Crippen molar-refractivity contribution in [3.63, 3.8) is 0 Å². The Kier molecular flexibility index (Phi) is 6.72. The summed E-state index contributed by atoms with van der Waals surface area (Å²) in [7, 11) is 0. The van der Waals surface area contributed by atoms with Crippen LogP contribution >= 0.6 is 15.9 Å². The standard InChI is InChI=1S/C20H30BrN3O2/c1-14(2)10-17-12-18(24-23-17)19(25)22-13-20(6-8-26-9-7-20)15-4-3-5-16(21)11-15/h3-5,11,14,17-18,23-24H,6-10,12-13H2,1-2H3,(H,22,25). The monoisotopic (exact) mass is 423 g/mol. The molecule has 2 atom stereocenters. The lowest BCUT2D eigenvalue weighted by atomic mass is 9.74. The van der Waals surface area contributed by atoms with Crippen molar-refractivity contribution in [2.24, 2.45) is 5.92 Å². The fourth-order valence-corrected chi connectivity index (χ4v) is 4.44. The molecule has 1 amide bonds. The molecular weight excluding hydrogens is 394 g/mol. The van der Waals surface area contributed by atoms with Gasteiger partial charge in [-0.25, -0.2) is 5.43 Å². The van der Waals surface area contributed by atoms with Gasteiger partial charge in [0.1, 0.15) is 6.04 Å². The highest BCUT2D eigenvalue weighted by atomic mass is 79.9. The van der Waals surface area contributed by atoms with Crippen molar-refractivity contribution in [3.8, 4) is 0 Å². The van der Waals surface area contributed by atoms with E-state index in [2.05, 4.69) is 64.1 Å². The van der Waals surface area contributed by atoms with Crippen LogP contribution < -0.4 is 16.2 Å². The lowest BCUT2D eigenvalue weighted by molar-refractivity contribution is -0.123. The minimum Gasteiger partial charge on any atom is -0.381 e. The van der Waals surface area contributed by atoms with Crippen LogP contribution in [0.15, 0.2) is 28.7 Å². The number of halogens is 1. The lowest BCUT2D eigenvalue weighted by Gasteiger charge is -2.38. The van der Waals surface area contributed by atoms with Gasteiger partial charge in [0.15, 0.2) is 0 Å². The number of ether oxygens (including phenoxy) is 1. The number of carbonyl (C=O) groups excluding carboxylic acids is 1. The first kappa shape index (κ1) is 19.8. The third-order valence-corrected chi connectivity index (χ3v) is 6.04. The average Bonchev–Trinajstić information content (AvgIpc) is 3.08. The number of hydrazine groups is 1. The zero-order valence-corrected chi connectivity index (χ0v) is 17.3. The molecule has 2 unspecified atom stereocenters. The van der Waals surface area contributed by atoms with Gasteiger partial charge in [-0.15, -0.1) is 0 Å². The molecule has 1 aromatic carbocycles. The molecule has 2 heterocycles. The van der Waals surface area contributed by atoms with Crippen molar-refractivity contribution in [1.29, 1.82) is 0 Å². The van der Waals surface area contributed by atoms with E-state index in [1.54, 1.807) is 0 Å². The summed E-state index contributed by atoms with van der Waals surface area (Å²) in [6, 6.07) is 8.66. The van der Waals surface area contributed by atoms with Crippen molar-refractivity contribution in [3.05, 3.63) is 34.3 Å². The number of nitrogens with one attached hydrogen (secondary N) is 3. The van der Waals surface area contributed by atoms with Gasteiger partial charge in [-0.3, -0.25) is 10.2 Å². The third kappa shape index (κ3) is 4.85. The van der Waals surface area contributed by atoms with Crippen molar-refractivity contribution in [1.82, 2.24) is 16.2 Å². The molecule has 3 rings (SSSR count). The fraction of sp³-hybridized carbons (Fsp3) is 0.650. The quantitative estimate of drug-likeness (QED) is 0.657. The molecule has 2 fully saturated rings. The molecular formula is C20H30BrN3O2. The van der Waals surface area contributed by atoms with Gasteiger partial charge in [-0.05, 0) is 49.3 Å². The van der Waals surface area contributed by atoms with Crippen LogP contribution in [-0.4, -0.2) is 37.7 Å². The molecule has 2 aliphatic heterocycles. The molecule has 144 valence electrons. The first-order valence-electron chi connectivity index (χ1n) is 9.61. The van der Waals surface area contributed by atoms with Gasteiger partial charge in [0.05, 0.1) is 0 Å². The highest BCUT2D eigenvalue weighted by molar-refractivity contribution is 9.10. The summed E-state index contributed by atoms with van der Waals surface area (Å²) in [5.74, 6) is 0.711. The third-order valence-electron chi connectivity index (χ3n) is 5.54. The van der Waals surface area contributed by atoms with Crippen LogP contribution in [0.4, 0.5) is 0 Å². The number of hydrogen-bond acceptors (Lipinski definition) is 4. The normalized spacial score (nSPS) is 25.4. The maximum atomic E-state index is 12.7. The molecule has 2 aliphatic rings. The zero-order valence-electron chi connectivity index (χ0n) is 15.7. The van der Waals surface area contributed by atoms with E-state index in [9.17, 15) is 4.79 Å². The summed E-state index contributed by atoms with van der Waals surface area (Å²) in [4.78, 5) is 12.7. The summed E-state index contributed by atoms with van der Waals surface area (Å²) in [6.45, 7) is 6.55. The van der Waals surface area contributed by atoms with E-state index in [0.29, 0.717) is 18.5 Å². The van der Waals surface area contributed by atoms with Crippen molar-refractivity contribution in [2.75, 3.05) is 19.8 Å². The van der Waals surface area contributed by atoms with E-state index in [0.717, 1.165) is 43.4 Å². The minimum absolute atomic E-state index is 0.0545. The predicted octanol–water partition coefficient (Wildman–Crippen LogP) is 2.89. The van der Waals surface area contributed by atoms with Gasteiger partial charge in [0.2, 0.25) is 5.91 Å². The fourth-order valence-electron chi connectivity index (χ4n) is 4.05. The Balaban J connectivity index is 1.62. The molecule has 26 heavy (non-hydrogen) atoms. The summed E-state index contributed by atoms with van der Waals surface area (Å²) in [6.07, 6.45) is 3.78. The SMILES string of the molecule is CC(C)CC1CC(C(=O)NCC2(c3cccc(Br)c3)CCOCC2)NN1. The molecule has 0 spiro atoms. The molecule has 0 aliphatic carbocycles. The molecule has 0 radical (unpaired) electrons. The van der Waals surface area contributed by atoms with Crippen LogP contribution in [0.1, 0.15) is 45.1 Å². The summed E-state index contributed by atoms with van der Waals surface area (Å²) < 4.78 is 6.66. The van der Waals surface area contributed by atoms with Crippen molar-refractivity contribution in [2.45, 2.75) is 57.0 Å². The molecule has 2 saturated heterocycles. The van der Waals surface area contributed by atoms with E-state index < -0.39 is 0 Å². The zero-order chi connectivity index (χ0) is 18.6. The second-order valence-corrected chi connectivity index (χ2v) is 8.94. The highest BCUT2D eigenvalue weighted by Crippen LogP contribution is 2.35. The first-order chi connectivity index (χ1) is 12.5. The number of rotatable bonds is 6. The van der Waals surface area contributed by atoms with Gasteiger partial charge >= 0.3 is 0 Å². The predicted molar refractivity (Wildman–Crippen MR) is 107 cm³/mol. The Bertz CT molecular complexity index is 617. The topological polar surface area (TPSA) is 62.4 Å². The molecule has 0 aromatic heterocycles. The number of hydrogen-bond donors (Lipinski definition) is 3. The number of carbonyl (C=O) groups is 1. The Labute approximate surface area is 164 Å². The van der Waals surface area contributed by atoms with E-state index in [1.807, 2.05) is 6.07 Å². The van der Waals surface area contributed by atoms with Crippen LogP contribution in [0.3, 0.4) is 0 Å². The molecule has 3 N–H and O–H groups in total. The Morgan fingerprint density at radius 1 is 1.35 bits per heavy atom. The number of benzene rings is 1. The van der Waals surface area contributed by atoms with Crippen LogP contribution in [0, 0.1) is 5.92 Å². The smallest absolute Gasteiger partial charge is 0.238 e. The van der Waals surface area contributed by atoms with Crippen LogP contribution in [0.2, 0.25) is 0 Å². The van der Waals surface area contributed by atoms with Gasteiger partial charge in [0, 0.05) is 35.7 Å². The second kappa shape index (κ2) is 8.83. The largest absolute Gasteiger partial charge is 0.381 e. The highest BCUT2D eigenvalue weighted by Gasteiger charge is 2.36. The maximum absolute atomic E-state index is 12.7.